The molecule has 2 amide bonds. The lowest BCUT2D eigenvalue weighted by Crippen LogP contribution is -2.37. The number of hydrogen-bond acceptors (Lipinski definition) is 5. The molecule has 0 unspecified atom stereocenters. The number of nitrogens with zero attached hydrogens (tertiary/aromatic N) is 4. The van der Waals surface area contributed by atoms with Crippen LogP contribution in [0.5, 0.6) is 5.75 Å². The highest BCUT2D eigenvalue weighted by Gasteiger charge is 2.23. The minimum absolute atomic E-state index is 0.00908. The summed E-state index contributed by atoms with van der Waals surface area (Å²) in [6, 6.07) is 15.4. The molecule has 1 fully saturated rings. The average Bonchev–Trinajstić information content (AvgIpc) is 3.23. The molecule has 0 bridgehead atoms. The minimum atomic E-state index is 0.00908. The quantitative estimate of drug-likeness (QED) is 0.482. The van der Waals surface area contributed by atoms with E-state index in [1.165, 1.54) is 0 Å². The molecule has 7 nitrogen and oxygen atoms in total. The number of carbonyl (C=O) groups is 2. The number of aryl methyl sites for hydroxylation is 1. The predicted octanol–water partition coefficient (Wildman–Crippen LogP) is 3.91. The predicted molar refractivity (Wildman–Crippen MR) is 134 cm³/mol. The van der Waals surface area contributed by atoms with E-state index in [0.29, 0.717) is 44.6 Å². The maximum Gasteiger partial charge on any atom is 0.253 e. The molecule has 178 valence electrons. The van der Waals surface area contributed by atoms with E-state index in [2.05, 4.69) is 4.98 Å². The molecular weight excluding hydrogens is 448 g/mol. The number of amides is 2. The van der Waals surface area contributed by atoms with Gasteiger partial charge in [-0.2, -0.15) is 0 Å². The fraction of sp³-hybridized carbons (Fsp3) is 0.346. The topological polar surface area (TPSA) is 67.7 Å². The van der Waals surface area contributed by atoms with Gasteiger partial charge < -0.3 is 14.5 Å². The number of methoxy groups -OCH3 is 1. The molecule has 0 N–H and O–H groups in total. The Hall–Kier alpha value is -3.26. The molecule has 1 aliphatic rings. The van der Waals surface area contributed by atoms with Crippen molar-refractivity contribution in [3.8, 4) is 11.4 Å². The van der Waals surface area contributed by atoms with Gasteiger partial charge in [0, 0.05) is 56.2 Å². The van der Waals surface area contributed by atoms with Gasteiger partial charge in [-0.15, -0.1) is 0 Å². The summed E-state index contributed by atoms with van der Waals surface area (Å²) in [5.74, 6) is 0.961. The summed E-state index contributed by atoms with van der Waals surface area (Å²) in [7, 11) is 1.64. The molecule has 2 aromatic carbocycles. The zero-order chi connectivity index (χ0) is 23.9. The number of hydrogen-bond donors (Lipinski definition) is 0. The Morgan fingerprint density at radius 3 is 2.38 bits per heavy atom. The first-order valence-corrected chi connectivity index (χ1v) is 12.7. The molecule has 34 heavy (non-hydrogen) atoms. The highest BCUT2D eigenvalue weighted by atomic mass is 32.2. The van der Waals surface area contributed by atoms with Crippen LogP contribution in [0.2, 0.25) is 0 Å². The maximum absolute atomic E-state index is 13.1. The summed E-state index contributed by atoms with van der Waals surface area (Å²) in [6.45, 7) is 2.45. The van der Waals surface area contributed by atoms with Crippen LogP contribution in [-0.2, 0) is 11.2 Å². The summed E-state index contributed by atoms with van der Waals surface area (Å²) in [4.78, 5) is 34.0. The van der Waals surface area contributed by atoms with Gasteiger partial charge in [0.25, 0.3) is 5.91 Å². The molecule has 1 saturated heterocycles. The Bertz CT molecular complexity index is 1110. The molecule has 3 aromatic rings. The second-order valence-corrected chi connectivity index (χ2v) is 8.98. The number of thioether (sulfide) groups is 1. The molecule has 1 aromatic heterocycles. The fourth-order valence-corrected chi connectivity index (χ4v) is 4.69. The zero-order valence-corrected chi connectivity index (χ0v) is 20.5. The smallest absolute Gasteiger partial charge is 0.253 e. The third-order valence-electron chi connectivity index (χ3n) is 6.10. The van der Waals surface area contributed by atoms with Crippen molar-refractivity contribution in [2.75, 3.05) is 39.5 Å². The van der Waals surface area contributed by atoms with Gasteiger partial charge in [-0.25, -0.2) is 4.98 Å². The SMILES string of the molecule is COc1ccc(CCC(=O)N2CCCN(C(=O)c3ccc(-n4ccnc4SC)cc3)CC2)cc1. The first-order chi connectivity index (χ1) is 16.6. The first kappa shape index (κ1) is 23.9. The normalized spacial score (nSPS) is 14.1. The lowest BCUT2D eigenvalue weighted by Gasteiger charge is -2.22. The van der Waals surface area contributed by atoms with Crippen LogP contribution >= 0.6 is 11.8 Å². The van der Waals surface area contributed by atoms with Gasteiger partial charge in [0.15, 0.2) is 5.16 Å². The Morgan fingerprint density at radius 1 is 0.971 bits per heavy atom. The van der Waals surface area contributed by atoms with Crippen molar-refractivity contribution < 1.29 is 14.3 Å². The van der Waals surface area contributed by atoms with E-state index in [1.54, 1.807) is 25.1 Å². The summed E-state index contributed by atoms with van der Waals surface area (Å²) in [5, 5.41) is 0.906. The van der Waals surface area contributed by atoms with Crippen molar-refractivity contribution in [2.24, 2.45) is 0 Å². The lowest BCUT2D eigenvalue weighted by molar-refractivity contribution is -0.131. The van der Waals surface area contributed by atoms with Crippen molar-refractivity contribution in [1.82, 2.24) is 19.4 Å². The molecule has 2 heterocycles. The van der Waals surface area contributed by atoms with Crippen molar-refractivity contribution >= 4 is 23.6 Å². The van der Waals surface area contributed by atoms with Crippen LogP contribution in [0.4, 0.5) is 0 Å². The number of rotatable bonds is 7. The second kappa shape index (κ2) is 11.2. The Morgan fingerprint density at radius 2 is 1.68 bits per heavy atom. The second-order valence-electron chi connectivity index (χ2n) is 8.21. The Labute approximate surface area is 204 Å². The maximum atomic E-state index is 13.1. The van der Waals surface area contributed by atoms with Gasteiger partial charge in [-0.1, -0.05) is 23.9 Å². The van der Waals surface area contributed by atoms with Gasteiger partial charge in [-0.05, 0) is 61.1 Å². The van der Waals surface area contributed by atoms with Crippen molar-refractivity contribution in [3.05, 3.63) is 72.1 Å². The minimum Gasteiger partial charge on any atom is -0.497 e. The molecule has 0 atom stereocenters. The number of imidazole rings is 1. The number of benzene rings is 2. The number of ether oxygens (including phenoxy) is 1. The fourth-order valence-electron chi connectivity index (χ4n) is 4.16. The van der Waals surface area contributed by atoms with Crippen LogP contribution in [0.3, 0.4) is 0 Å². The molecular formula is C26H30N4O3S. The van der Waals surface area contributed by atoms with Gasteiger partial charge in [0.05, 0.1) is 7.11 Å². The molecule has 4 rings (SSSR count). The highest BCUT2D eigenvalue weighted by Crippen LogP contribution is 2.19. The number of aromatic nitrogens is 2. The highest BCUT2D eigenvalue weighted by molar-refractivity contribution is 7.98. The van der Waals surface area contributed by atoms with E-state index in [1.807, 2.05) is 75.4 Å². The van der Waals surface area contributed by atoms with Crippen molar-refractivity contribution in [3.63, 3.8) is 0 Å². The largest absolute Gasteiger partial charge is 0.497 e. The number of carbonyl (C=O) groups excluding carboxylic acids is 2. The molecule has 1 aliphatic heterocycles. The lowest BCUT2D eigenvalue weighted by atomic mass is 10.1. The van der Waals surface area contributed by atoms with E-state index < -0.39 is 0 Å². The van der Waals surface area contributed by atoms with Crippen molar-refractivity contribution in [1.29, 1.82) is 0 Å². The first-order valence-electron chi connectivity index (χ1n) is 11.5. The van der Waals surface area contributed by atoms with Crippen LogP contribution in [0.1, 0.15) is 28.8 Å². The average molecular weight is 479 g/mol. The molecule has 0 radical (unpaired) electrons. The van der Waals surface area contributed by atoms with Gasteiger partial charge in [0.2, 0.25) is 5.91 Å². The van der Waals surface area contributed by atoms with E-state index in [0.717, 1.165) is 28.6 Å². The van der Waals surface area contributed by atoms with Crippen LogP contribution in [0.25, 0.3) is 5.69 Å². The monoisotopic (exact) mass is 478 g/mol. The molecule has 8 heteroatoms. The Kier molecular flexibility index (Phi) is 7.90. The summed E-state index contributed by atoms with van der Waals surface area (Å²) >= 11 is 1.58. The van der Waals surface area contributed by atoms with E-state index in [4.69, 9.17) is 4.74 Å². The molecule has 0 spiro atoms. The van der Waals surface area contributed by atoms with Crippen molar-refractivity contribution in [2.45, 2.75) is 24.4 Å². The summed E-state index contributed by atoms with van der Waals surface area (Å²) in [5.41, 5.74) is 2.75. The summed E-state index contributed by atoms with van der Waals surface area (Å²) in [6.07, 6.45) is 7.62. The van der Waals surface area contributed by atoms with Crippen LogP contribution in [0.15, 0.2) is 66.1 Å². The molecule has 0 aliphatic carbocycles. The third-order valence-corrected chi connectivity index (χ3v) is 6.77. The molecule has 0 saturated carbocycles. The van der Waals surface area contributed by atoms with Crippen LogP contribution in [0, 0.1) is 0 Å². The van der Waals surface area contributed by atoms with Gasteiger partial charge in [-0.3, -0.25) is 14.2 Å². The van der Waals surface area contributed by atoms with Crippen LogP contribution in [-0.4, -0.2) is 70.7 Å². The van der Waals surface area contributed by atoms with Gasteiger partial charge >= 0.3 is 0 Å². The third kappa shape index (κ3) is 5.62. The van der Waals surface area contributed by atoms with Gasteiger partial charge in [0.1, 0.15) is 5.75 Å². The van der Waals surface area contributed by atoms with E-state index >= 15 is 0 Å². The zero-order valence-electron chi connectivity index (χ0n) is 19.6. The van der Waals surface area contributed by atoms with Crippen LogP contribution < -0.4 is 4.74 Å². The van der Waals surface area contributed by atoms with E-state index in [9.17, 15) is 9.59 Å². The Balaban J connectivity index is 1.31. The van der Waals surface area contributed by atoms with E-state index in [-0.39, 0.29) is 11.8 Å². The summed E-state index contributed by atoms with van der Waals surface area (Å²) < 4.78 is 7.19. The standard InChI is InChI=1S/C26H30N4O3S/c1-33-23-11-4-20(5-12-23)6-13-24(31)28-15-3-16-29(19-18-28)25(32)21-7-9-22(10-8-21)30-17-14-27-26(30)34-2/h4-5,7-12,14,17H,3,6,13,15-16,18-19H2,1-2H3.